The minimum atomic E-state index is -4.85. The molecule has 0 radical (unpaired) electrons. The SMILES string of the molecule is N#CCC(=O)/C=C/C1CCC(CCN2CCN(c3cc(C(F)(F)F)cc(C(F)(F)F)c3)CC2)CC1. The molecule has 0 aromatic heterocycles. The minimum absolute atomic E-state index is 0.0496. The maximum Gasteiger partial charge on any atom is 0.416 e. The van der Waals surface area contributed by atoms with Crippen molar-refractivity contribution >= 4 is 11.5 Å². The highest BCUT2D eigenvalue weighted by Crippen LogP contribution is 2.38. The molecule has 35 heavy (non-hydrogen) atoms. The van der Waals surface area contributed by atoms with Gasteiger partial charge in [-0.2, -0.15) is 31.6 Å². The van der Waals surface area contributed by atoms with Crippen molar-refractivity contribution in [3.63, 3.8) is 0 Å². The van der Waals surface area contributed by atoms with Crippen molar-refractivity contribution in [3.05, 3.63) is 41.5 Å². The predicted octanol–water partition coefficient (Wildman–Crippen LogP) is 6.08. The molecule has 0 atom stereocenters. The molecule has 4 nitrogen and oxygen atoms in total. The quantitative estimate of drug-likeness (QED) is 0.336. The summed E-state index contributed by atoms with van der Waals surface area (Å²) in [6.07, 6.45) is -1.31. The van der Waals surface area contributed by atoms with Gasteiger partial charge in [0, 0.05) is 31.9 Å². The molecule has 10 heteroatoms. The lowest BCUT2D eigenvalue weighted by molar-refractivity contribution is -0.143. The first-order valence-electron chi connectivity index (χ1n) is 11.8. The Kier molecular flexibility index (Phi) is 8.86. The minimum Gasteiger partial charge on any atom is -0.369 e. The second-order valence-electron chi connectivity index (χ2n) is 9.32. The maximum absolute atomic E-state index is 13.2. The van der Waals surface area contributed by atoms with Gasteiger partial charge in [0.25, 0.3) is 0 Å². The van der Waals surface area contributed by atoms with Crippen LogP contribution in [0.3, 0.4) is 0 Å². The molecule has 0 unspecified atom stereocenters. The topological polar surface area (TPSA) is 47.3 Å². The second kappa shape index (κ2) is 11.5. The van der Waals surface area contributed by atoms with Crippen LogP contribution < -0.4 is 4.90 Å². The van der Waals surface area contributed by atoms with E-state index >= 15 is 0 Å². The van der Waals surface area contributed by atoms with Crippen LogP contribution in [0.15, 0.2) is 30.4 Å². The molecule has 0 amide bonds. The largest absolute Gasteiger partial charge is 0.416 e. The molecule has 2 aliphatic rings. The third kappa shape index (κ3) is 7.99. The van der Waals surface area contributed by atoms with Crippen LogP contribution in [0.2, 0.25) is 0 Å². The fourth-order valence-corrected chi connectivity index (χ4v) is 4.77. The van der Waals surface area contributed by atoms with Gasteiger partial charge in [-0.3, -0.25) is 9.69 Å². The third-order valence-electron chi connectivity index (χ3n) is 6.86. The zero-order chi connectivity index (χ0) is 25.6. The number of halogens is 6. The lowest BCUT2D eigenvalue weighted by Gasteiger charge is -2.37. The van der Waals surface area contributed by atoms with Gasteiger partial charge in [0.2, 0.25) is 0 Å². The third-order valence-corrected chi connectivity index (χ3v) is 6.86. The lowest BCUT2D eigenvalue weighted by atomic mass is 9.80. The predicted molar refractivity (Wildman–Crippen MR) is 120 cm³/mol. The molecule has 0 spiro atoms. The highest BCUT2D eigenvalue weighted by Gasteiger charge is 2.37. The average Bonchev–Trinajstić information content (AvgIpc) is 2.81. The van der Waals surface area contributed by atoms with E-state index in [1.165, 1.54) is 6.08 Å². The number of ketones is 1. The zero-order valence-corrected chi connectivity index (χ0v) is 19.3. The highest BCUT2D eigenvalue weighted by molar-refractivity contribution is 5.91. The first-order valence-corrected chi connectivity index (χ1v) is 11.8. The van der Waals surface area contributed by atoms with E-state index in [1.54, 1.807) is 4.90 Å². The summed E-state index contributed by atoms with van der Waals surface area (Å²) < 4.78 is 78.9. The normalized spacial score (nSPS) is 22.4. The number of piperazine rings is 1. The van der Waals surface area contributed by atoms with Crippen molar-refractivity contribution in [1.82, 2.24) is 4.90 Å². The summed E-state index contributed by atoms with van der Waals surface area (Å²) in [5.41, 5.74) is -2.62. The number of nitrogens with zero attached hydrogens (tertiary/aromatic N) is 3. The number of allylic oxidation sites excluding steroid dienone is 2. The Hall–Kier alpha value is -2.54. The number of hydrogen-bond donors (Lipinski definition) is 0. The van der Waals surface area contributed by atoms with Crippen LogP contribution in [-0.2, 0) is 17.1 Å². The van der Waals surface area contributed by atoms with Crippen LogP contribution in [-0.4, -0.2) is 43.4 Å². The summed E-state index contributed by atoms with van der Waals surface area (Å²) in [6, 6.07) is 3.60. The molecule has 1 heterocycles. The first-order chi connectivity index (χ1) is 16.5. The highest BCUT2D eigenvalue weighted by atomic mass is 19.4. The van der Waals surface area contributed by atoms with E-state index in [0.717, 1.165) is 50.8 Å². The molecule has 1 saturated carbocycles. The van der Waals surface area contributed by atoms with E-state index in [9.17, 15) is 31.1 Å². The Morgan fingerprint density at radius 2 is 1.51 bits per heavy atom. The maximum atomic E-state index is 13.2. The van der Waals surface area contributed by atoms with Gasteiger partial charge >= 0.3 is 12.4 Å². The van der Waals surface area contributed by atoms with Crippen molar-refractivity contribution < 1.29 is 31.1 Å². The number of nitriles is 1. The van der Waals surface area contributed by atoms with Crippen molar-refractivity contribution in [3.8, 4) is 6.07 Å². The van der Waals surface area contributed by atoms with Gasteiger partial charge in [-0.1, -0.05) is 6.08 Å². The second-order valence-corrected chi connectivity index (χ2v) is 9.32. The fourth-order valence-electron chi connectivity index (χ4n) is 4.77. The molecule has 0 bridgehead atoms. The van der Waals surface area contributed by atoms with Crippen molar-refractivity contribution in [2.75, 3.05) is 37.6 Å². The van der Waals surface area contributed by atoms with E-state index in [-0.39, 0.29) is 24.0 Å². The smallest absolute Gasteiger partial charge is 0.369 e. The van der Waals surface area contributed by atoms with Gasteiger partial charge in [-0.15, -0.1) is 0 Å². The molecule has 1 aromatic carbocycles. The van der Waals surface area contributed by atoms with E-state index in [4.69, 9.17) is 5.26 Å². The standard InChI is InChI=1S/C25H29F6N3O/c26-24(27,28)20-15-21(25(29,30)31)17-22(16-20)34-13-11-33(12-14-34)10-8-19-3-1-18(2-4-19)5-6-23(35)7-9-32/h5-6,15-19H,1-4,7-8,10-14H2/b6-5+. The molecule has 1 aromatic rings. The molecule has 1 aliphatic heterocycles. The van der Waals surface area contributed by atoms with Gasteiger partial charge in [-0.05, 0) is 74.8 Å². The van der Waals surface area contributed by atoms with Gasteiger partial charge in [-0.25, -0.2) is 0 Å². The van der Waals surface area contributed by atoms with E-state index < -0.39 is 23.5 Å². The van der Waals surface area contributed by atoms with E-state index in [2.05, 4.69) is 4.90 Å². The number of hydrogen-bond acceptors (Lipinski definition) is 4. The average molecular weight is 502 g/mol. The Labute approximate surface area is 201 Å². The van der Waals surface area contributed by atoms with Gasteiger partial charge < -0.3 is 4.90 Å². The molecule has 1 saturated heterocycles. The number of carbonyl (C=O) groups excluding carboxylic acids is 1. The molecule has 192 valence electrons. The molecular weight excluding hydrogens is 472 g/mol. The summed E-state index contributed by atoms with van der Waals surface area (Å²) in [5, 5.41) is 8.53. The number of rotatable bonds is 7. The summed E-state index contributed by atoms with van der Waals surface area (Å²) >= 11 is 0. The van der Waals surface area contributed by atoms with E-state index in [0.29, 0.717) is 38.0 Å². The van der Waals surface area contributed by atoms with Crippen molar-refractivity contribution in [2.45, 2.75) is 50.9 Å². The fraction of sp³-hybridized carbons (Fsp3) is 0.600. The number of alkyl halides is 6. The van der Waals surface area contributed by atoms with Gasteiger partial charge in [0.1, 0.15) is 0 Å². The van der Waals surface area contributed by atoms with Gasteiger partial charge in [0.15, 0.2) is 5.78 Å². The number of benzene rings is 1. The first kappa shape index (κ1) is 27.1. The molecule has 3 rings (SSSR count). The monoisotopic (exact) mass is 501 g/mol. The summed E-state index contributed by atoms with van der Waals surface area (Å²) in [5.74, 6) is 0.741. The Balaban J connectivity index is 1.47. The van der Waals surface area contributed by atoms with Crippen LogP contribution >= 0.6 is 0 Å². The van der Waals surface area contributed by atoms with Crippen LogP contribution in [0.25, 0.3) is 0 Å². The van der Waals surface area contributed by atoms with E-state index in [1.807, 2.05) is 12.1 Å². The Morgan fingerprint density at radius 3 is 2.03 bits per heavy atom. The number of carbonyl (C=O) groups is 1. The van der Waals surface area contributed by atoms with Gasteiger partial charge in [0.05, 0.1) is 23.6 Å². The van der Waals surface area contributed by atoms with Crippen molar-refractivity contribution in [2.24, 2.45) is 11.8 Å². The zero-order valence-electron chi connectivity index (χ0n) is 19.3. The summed E-state index contributed by atoms with van der Waals surface area (Å²) in [6.45, 7) is 2.74. The van der Waals surface area contributed by atoms with Crippen molar-refractivity contribution in [1.29, 1.82) is 5.26 Å². The van der Waals surface area contributed by atoms with Crippen LogP contribution in [0, 0.1) is 23.2 Å². The van der Waals surface area contributed by atoms with Crippen LogP contribution in [0.1, 0.15) is 49.7 Å². The Morgan fingerprint density at radius 1 is 0.943 bits per heavy atom. The van der Waals surface area contributed by atoms with Crippen LogP contribution in [0.5, 0.6) is 0 Å². The molecule has 2 fully saturated rings. The summed E-state index contributed by atoms with van der Waals surface area (Å²) in [4.78, 5) is 15.2. The van der Waals surface area contributed by atoms with Crippen LogP contribution in [0.4, 0.5) is 32.0 Å². The number of anilines is 1. The Bertz CT molecular complexity index is 902. The molecule has 0 N–H and O–H groups in total. The molecule has 1 aliphatic carbocycles. The molecular formula is C25H29F6N3O. The summed E-state index contributed by atoms with van der Waals surface area (Å²) in [7, 11) is 0. The lowest BCUT2D eigenvalue weighted by Crippen LogP contribution is -2.47.